The van der Waals surface area contributed by atoms with Crippen molar-refractivity contribution in [2.75, 3.05) is 20.6 Å². The fourth-order valence-electron chi connectivity index (χ4n) is 2.86. The highest BCUT2D eigenvalue weighted by Crippen LogP contribution is 2.24. The van der Waals surface area contributed by atoms with Gasteiger partial charge in [-0.1, -0.05) is 19.8 Å². The molecule has 1 fully saturated rings. The molecular formula is C13H28N2. The van der Waals surface area contributed by atoms with Gasteiger partial charge < -0.3 is 4.90 Å². The van der Waals surface area contributed by atoms with E-state index < -0.39 is 0 Å². The summed E-state index contributed by atoms with van der Waals surface area (Å²) in [6.07, 6.45) is 5.57. The second-order valence-corrected chi connectivity index (χ2v) is 5.24. The van der Waals surface area contributed by atoms with E-state index in [-0.39, 0.29) is 0 Å². The summed E-state index contributed by atoms with van der Waals surface area (Å²) >= 11 is 0. The lowest BCUT2D eigenvalue weighted by Gasteiger charge is -2.39. The molecule has 0 bridgehead atoms. The Balaban J connectivity index is 2.72. The van der Waals surface area contributed by atoms with E-state index >= 15 is 0 Å². The predicted molar refractivity (Wildman–Crippen MR) is 67.2 cm³/mol. The van der Waals surface area contributed by atoms with Gasteiger partial charge >= 0.3 is 0 Å². The standard InChI is InChI=1S/C13H28N2/c1-6-15-11(2)9-7-8-10-13(15)12(3)14(4)5/h11-13H,6-10H2,1-5H3. The van der Waals surface area contributed by atoms with Crippen LogP contribution >= 0.6 is 0 Å². The van der Waals surface area contributed by atoms with Crippen molar-refractivity contribution >= 4 is 0 Å². The average molecular weight is 212 g/mol. The number of nitrogens with zero attached hydrogens (tertiary/aromatic N) is 2. The molecule has 2 nitrogen and oxygen atoms in total. The van der Waals surface area contributed by atoms with Gasteiger partial charge in [0.2, 0.25) is 0 Å². The molecule has 1 rings (SSSR count). The summed E-state index contributed by atoms with van der Waals surface area (Å²) in [5.74, 6) is 0. The third kappa shape index (κ3) is 3.18. The Kier molecular flexibility index (Phi) is 5.07. The number of likely N-dealkylation sites (N-methyl/N-ethyl adjacent to an activating group) is 2. The topological polar surface area (TPSA) is 6.48 Å². The Morgan fingerprint density at radius 2 is 1.87 bits per heavy atom. The maximum atomic E-state index is 2.71. The van der Waals surface area contributed by atoms with E-state index in [0.717, 1.165) is 12.1 Å². The maximum Gasteiger partial charge on any atom is 0.0251 e. The quantitative estimate of drug-likeness (QED) is 0.709. The maximum absolute atomic E-state index is 2.71. The van der Waals surface area contributed by atoms with E-state index in [2.05, 4.69) is 44.7 Å². The Hall–Kier alpha value is -0.0800. The van der Waals surface area contributed by atoms with Gasteiger partial charge in [-0.3, -0.25) is 4.90 Å². The molecule has 1 saturated heterocycles. The van der Waals surface area contributed by atoms with Crippen LogP contribution in [0.2, 0.25) is 0 Å². The summed E-state index contributed by atoms with van der Waals surface area (Å²) in [6.45, 7) is 8.26. The largest absolute Gasteiger partial charge is 0.305 e. The van der Waals surface area contributed by atoms with Crippen molar-refractivity contribution in [2.45, 2.75) is 64.6 Å². The molecule has 1 heterocycles. The van der Waals surface area contributed by atoms with Gasteiger partial charge in [0, 0.05) is 18.1 Å². The highest BCUT2D eigenvalue weighted by molar-refractivity contribution is 4.86. The number of rotatable bonds is 3. The molecule has 0 aromatic carbocycles. The first-order chi connectivity index (χ1) is 7.07. The number of likely N-dealkylation sites (tertiary alicyclic amines) is 1. The molecule has 0 aliphatic carbocycles. The van der Waals surface area contributed by atoms with Gasteiger partial charge in [-0.15, -0.1) is 0 Å². The van der Waals surface area contributed by atoms with E-state index in [9.17, 15) is 0 Å². The molecule has 0 N–H and O–H groups in total. The number of hydrogen-bond donors (Lipinski definition) is 0. The van der Waals surface area contributed by atoms with Crippen LogP contribution in [0, 0.1) is 0 Å². The molecule has 0 saturated carbocycles. The Bertz CT molecular complexity index is 179. The smallest absolute Gasteiger partial charge is 0.0251 e. The third-order valence-electron chi connectivity index (χ3n) is 4.10. The molecule has 1 aliphatic heterocycles. The van der Waals surface area contributed by atoms with E-state index in [0.29, 0.717) is 6.04 Å². The van der Waals surface area contributed by atoms with Crippen LogP contribution in [0.4, 0.5) is 0 Å². The monoisotopic (exact) mass is 212 g/mol. The van der Waals surface area contributed by atoms with Gasteiger partial charge in [0.15, 0.2) is 0 Å². The molecule has 0 radical (unpaired) electrons. The summed E-state index contributed by atoms with van der Waals surface area (Å²) in [4.78, 5) is 5.07. The molecule has 3 unspecified atom stereocenters. The average Bonchev–Trinajstić information content (AvgIpc) is 2.38. The second-order valence-electron chi connectivity index (χ2n) is 5.24. The first-order valence-electron chi connectivity index (χ1n) is 6.50. The van der Waals surface area contributed by atoms with Crippen molar-refractivity contribution < 1.29 is 0 Å². The fraction of sp³-hybridized carbons (Fsp3) is 1.00. The van der Waals surface area contributed by atoms with E-state index in [1.54, 1.807) is 0 Å². The molecule has 3 atom stereocenters. The van der Waals surface area contributed by atoms with Crippen LogP contribution in [0.15, 0.2) is 0 Å². The van der Waals surface area contributed by atoms with E-state index in [1.807, 2.05) is 0 Å². The summed E-state index contributed by atoms with van der Waals surface area (Å²) in [5, 5.41) is 0. The summed E-state index contributed by atoms with van der Waals surface area (Å²) < 4.78 is 0. The first-order valence-corrected chi connectivity index (χ1v) is 6.50. The highest BCUT2D eigenvalue weighted by atomic mass is 15.2. The molecule has 15 heavy (non-hydrogen) atoms. The van der Waals surface area contributed by atoms with Gasteiger partial charge in [-0.2, -0.15) is 0 Å². The van der Waals surface area contributed by atoms with Gasteiger partial charge in [0.25, 0.3) is 0 Å². The van der Waals surface area contributed by atoms with Crippen molar-refractivity contribution in [3.8, 4) is 0 Å². The fourth-order valence-corrected chi connectivity index (χ4v) is 2.86. The Morgan fingerprint density at radius 1 is 1.27 bits per heavy atom. The molecule has 0 aromatic rings. The van der Waals surface area contributed by atoms with Crippen LogP contribution in [-0.4, -0.2) is 48.6 Å². The van der Waals surface area contributed by atoms with Crippen LogP contribution < -0.4 is 0 Å². The SMILES string of the molecule is CCN1C(C)CCCCC1C(C)N(C)C. The molecule has 0 spiro atoms. The summed E-state index contributed by atoms with van der Waals surface area (Å²) in [6, 6.07) is 2.19. The summed E-state index contributed by atoms with van der Waals surface area (Å²) in [5.41, 5.74) is 0. The lowest BCUT2D eigenvalue weighted by molar-refractivity contribution is 0.0893. The zero-order valence-electron chi connectivity index (χ0n) is 11.2. The van der Waals surface area contributed by atoms with Gasteiger partial charge in [0.05, 0.1) is 0 Å². The Labute approximate surface area is 95.6 Å². The number of hydrogen-bond acceptors (Lipinski definition) is 2. The van der Waals surface area contributed by atoms with Crippen LogP contribution in [-0.2, 0) is 0 Å². The highest BCUT2D eigenvalue weighted by Gasteiger charge is 2.29. The lowest BCUT2D eigenvalue weighted by Crippen LogP contribution is -2.50. The van der Waals surface area contributed by atoms with Gasteiger partial charge in [-0.05, 0) is 47.3 Å². The van der Waals surface area contributed by atoms with Crippen molar-refractivity contribution in [1.29, 1.82) is 0 Å². The summed E-state index contributed by atoms with van der Waals surface area (Å²) in [7, 11) is 4.40. The van der Waals surface area contributed by atoms with Crippen LogP contribution in [0.25, 0.3) is 0 Å². The normalized spacial score (nSPS) is 31.6. The molecule has 0 aromatic heterocycles. The lowest BCUT2D eigenvalue weighted by atomic mass is 10.0. The first kappa shape index (κ1) is 13.0. The van der Waals surface area contributed by atoms with Crippen molar-refractivity contribution in [3.05, 3.63) is 0 Å². The van der Waals surface area contributed by atoms with Crippen molar-refractivity contribution in [3.63, 3.8) is 0 Å². The van der Waals surface area contributed by atoms with Crippen LogP contribution in [0.3, 0.4) is 0 Å². The van der Waals surface area contributed by atoms with E-state index in [4.69, 9.17) is 0 Å². The second kappa shape index (κ2) is 5.86. The van der Waals surface area contributed by atoms with Crippen LogP contribution in [0.1, 0.15) is 46.5 Å². The molecule has 90 valence electrons. The minimum absolute atomic E-state index is 0.672. The van der Waals surface area contributed by atoms with Gasteiger partial charge in [-0.25, -0.2) is 0 Å². The third-order valence-corrected chi connectivity index (χ3v) is 4.10. The predicted octanol–water partition coefficient (Wildman–Crippen LogP) is 2.59. The van der Waals surface area contributed by atoms with Crippen molar-refractivity contribution in [1.82, 2.24) is 9.80 Å². The minimum atomic E-state index is 0.672. The molecule has 0 amide bonds. The zero-order valence-corrected chi connectivity index (χ0v) is 11.2. The molecule has 1 aliphatic rings. The van der Waals surface area contributed by atoms with E-state index in [1.165, 1.54) is 32.2 Å². The zero-order chi connectivity index (χ0) is 11.4. The molecular weight excluding hydrogens is 184 g/mol. The minimum Gasteiger partial charge on any atom is -0.305 e. The molecule has 2 heteroatoms. The Morgan fingerprint density at radius 3 is 2.40 bits per heavy atom. The van der Waals surface area contributed by atoms with Crippen LogP contribution in [0.5, 0.6) is 0 Å². The van der Waals surface area contributed by atoms with Gasteiger partial charge in [0.1, 0.15) is 0 Å². The van der Waals surface area contributed by atoms with Crippen molar-refractivity contribution in [2.24, 2.45) is 0 Å².